The Labute approximate surface area is 102 Å². The lowest BCUT2D eigenvalue weighted by Crippen LogP contribution is -2.30. The van der Waals surface area contributed by atoms with Crippen molar-refractivity contribution in [1.29, 1.82) is 5.26 Å². The Balaban J connectivity index is 2.74. The van der Waals surface area contributed by atoms with Crippen LogP contribution in [0.25, 0.3) is 0 Å². The lowest BCUT2D eigenvalue weighted by molar-refractivity contribution is 0.400. The molecule has 1 aromatic rings. The van der Waals surface area contributed by atoms with Gasteiger partial charge >= 0.3 is 0 Å². The second-order valence-corrected chi connectivity index (χ2v) is 4.84. The van der Waals surface area contributed by atoms with Gasteiger partial charge in [0.15, 0.2) is 0 Å². The van der Waals surface area contributed by atoms with Crippen molar-refractivity contribution < 1.29 is 10.2 Å². The summed E-state index contributed by atoms with van der Waals surface area (Å²) in [5.74, 6) is 0.253. The highest BCUT2D eigenvalue weighted by atomic mass is 16.3. The van der Waals surface area contributed by atoms with E-state index >= 15 is 0 Å². The van der Waals surface area contributed by atoms with E-state index in [4.69, 9.17) is 5.26 Å². The van der Waals surface area contributed by atoms with E-state index in [1.807, 2.05) is 20.8 Å². The molecule has 4 nitrogen and oxygen atoms in total. The third kappa shape index (κ3) is 3.65. The Morgan fingerprint density at radius 2 is 2.06 bits per heavy atom. The molecular formula is C13H18N2O2. The fourth-order valence-corrected chi connectivity index (χ4v) is 1.45. The van der Waals surface area contributed by atoms with E-state index in [-0.39, 0.29) is 17.5 Å². The van der Waals surface area contributed by atoms with Gasteiger partial charge in [-0.25, -0.2) is 0 Å². The Hall–Kier alpha value is -1.73. The molecule has 0 saturated carbocycles. The maximum absolute atomic E-state index is 9.68. The molecule has 0 spiro atoms. The summed E-state index contributed by atoms with van der Waals surface area (Å²) in [5.41, 5.74) is 0.166. The average Bonchev–Trinajstić information content (AvgIpc) is 2.29. The maximum atomic E-state index is 9.68. The predicted molar refractivity (Wildman–Crippen MR) is 65.6 cm³/mol. The van der Waals surface area contributed by atoms with Crippen molar-refractivity contribution in [2.45, 2.75) is 26.8 Å². The van der Waals surface area contributed by atoms with Gasteiger partial charge < -0.3 is 15.5 Å². The smallest absolute Gasteiger partial charge is 0.120 e. The number of phenolic OH excluding ortho intramolecular Hbond substituents is 2. The lowest BCUT2D eigenvalue weighted by atomic mass is 9.95. The van der Waals surface area contributed by atoms with Gasteiger partial charge in [0.05, 0.1) is 11.5 Å². The molecule has 4 heteroatoms. The molecule has 3 N–H and O–H groups in total. The van der Waals surface area contributed by atoms with E-state index in [9.17, 15) is 10.2 Å². The van der Waals surface area contributed by atoms with Gasteiger partial charge in [-0.15, -0.1) is 0 Å². The van der Waals surface area contributed by atoms with Crippen molar-refractivity contribution in [3.8, 4) is 17.6 Å². The molecule has 1 aromatic carbocycles. The number of aromatic hydroxyl groups is 2. The van der Waals surface area contributed by atoms with Crippen molar-refractivity contribution in [2.24, 2.45) is 5.41 Å². The Morgan fingerprint density at radius 3 is 2.65 bits per heavy atom. The van der Waals surface area contributed by atoms with Gasteiger partial charge in [-0.3, -0.25) is 0 Å². The van der Waals surface area contributed by atoms with Crippen LogP contribution in [0.2, 0.25) is 0 Å². The second-order valence-electron chi connectivity index (χ2n) is 4.84. The third-order valence-electron chi connectivity index (χ3n) is 2.63. The Bertz CT molecular complexity index is 436. The Morgan fingerprint density at radius 1 is 1.41 bits per heavy atom. The maximum Gasteiger partial charge on any atom is 0.120 e. The molecule has 0 heterocycles. The van der Waals surface area contributed by atoms with Crippen LogP contribution in [0.5, 0.6) is 11.5 Å². The molecule has 0 saturated heterocycles. The number of hydrogen-bond acceptors (Lipinski definition) is 4. The van der Waals surface area contributed by atoms with E-state index in [0.717, 1.165) is 0 Å². The molecular weight excluding hydrogens is 216 g/mol. The zero-order chi connectivity index (χ0) is 13.1. The van der Waals surface area contributed by atoms with Gasteiger partial charge in [0.2, 0.25) is 0 Å². The summed E-state index contributed by atoms with van der Waals surface area (Å²) in [7, 11) is 0. The number of rotatable bonds is 4. The minimum absolute atomic E-state index is 0.117. The molecule has 0 radical (unpaired) electrons. The van der Waals surface area contributed by atoms with E-state index in [1.165, 1.54) is 18.2 Å². The van der Waals surface area contributed by atoms with Gasteiger partial charge in [0, 0.05) is 18.2 Å². The highest BCUT2D eigenvalue weighted by molar-refractivity contribution is 5.40. The molecule has 0 aromatic heterocycles. The summed E-state index contributed by atoms with van der Waals surface area (Å²) < 4.78 is 0. The number of hydrogen-bond donors (Lipinski definition) is 3. The predicted octanol–water partition coefficient (Wildman–Crippen LogP) is 2.30. The van der Waals surface area contributed by atoms with Crippen molar-refractivity contribution in [2.75, 3.05) is 6.54 Å². The molecule has 0 amide bonds. The fraction of sp³-hybridized carbons (Fsp3) is 0.462. The monoisotopic (exact) mass is 234 g/mol. The van der Waals surface area contributed by atoms with Crippen LogP contribution in [0.15, 0.2) is 18.2 Å². The van der Waals surface area contributed by atoms with Crippen molar-refractivity contribution in [3.05, 3.63) is 23.8 Å². The first kappa shape index (κ1) is 13.3. The highest BCUT2D eigenvalue weighted by Crippen LogP contribution is 2.28. The topological polar surface area (TPSA) is 76.3 Å². The van der Waals surface area contributed by atoms with Gasteiger partial charge in [-0.1, -0.05) is 0 Å². The van der Waals surface area contributed by atoms with Gasteiger partial charge in [-0.05, 0) is 39.0 Å². The van der Waals surface area contributed by atoms with E-state index < -0.39 is 5.41 Å². The molecule has 0 bridgehead atoms. The molecule has 17 heavy (non-hydrogen) atoms. The molecule has 0 aliphatic carbocycles. The van der Waals surface area contributed by atoms with Crippen LogP contribution in [0, 0.1) is 16.7 Å². The van der Waals surface area contributed by atoms with Crippen molar-refractivity contribution >= 4 is 0 Å². The molecule has 0 fully saturated rings. The second kappa shape index (κ2) is 5.07. The van der Waals surface area contributed by atoms with E-state index in [1.54, 1.807) is 0 Å². The number of phenols is 2. The minimum atomic E-state index is -0.458. The zero-order valence-corrected chi connectivity index (χ0v) is 10.4. The standard InChI is InChI=1S/C13H18N2O2/c1-9(15-8-13(2,3)7-14)11-6-10(16)4-5-12(11)17/h4-6,9,15-17H,8H2,1-3H3. The molecule has 1 atom stereocenters. The summed E-state index contributed by atoms with van der Waals surface area (Å²) in [6.45, 7) is 6.08. The van der Waals surface area contributed by atoms with Crippen molar-refractivity contribution in [3.63, 3.8) is 0 Å². The van der Waals surface area contributed by atoms with Gasteiger partial charge in [-0.2, -0.15) is 5.26 Å². The van der Waals surface area contributed by atoms with E-state index in [0.29, 0.717) is 12.1 Å². The first-order chi connectivity index (χ1) is 7.85. The summed E-state index contributed by atoms with van der Waals surface area (Å²) >= 11 is 0. The summed E-state index contributed by atoms with van der Waals surface area (Å²) in [4.78, 5) is 0. The number of benzene rings is 1. The minimum Gasteiger partial charge on any atom is -0.508 e. The van der Waals surface area contributed by atoms with Crippen molar-refractivity contribution in [1.82, 2.24) is 5.32 Å². The van der Waals surface area contributed by atoms with Crippen LogP contribution in [-0.2, 0) is 0 Å². The van der Waals surface area contributed by atoms with Gasteiger partial charge in [0.25, 0.3) is 0 Å². The lowest BCUT2D eigenvalue weighted by Gasteiger charge is -2.21. The Kier molecular flexibility index (Phi) is 3.97. The summed E-state index contributed by atoms with van der Waals surface area (Å²) in [5, 5.41) is 31.1. The average molecular weight is 234 g/mol. The SMILES string of the molecule is CC(NCC(C)(C)C#N)c1cc(O)ccc1O. The number of nitriles is 1. The zero-order valence-electron chi connectivity index (χ0n) is 10.4. The van der Waals surface area contributed by atoms with E-state index in [2.05, 4.69) is 11.4 Å². The third-order valence-corrected chi connectivity index (χ3v) is 2.63. The summed E-state index contributed by atoms with van der Waals surface area (Å²) in [6.07, 6.45) is 0. The van der Waals surface area contributed by atoms with Crippen LogP contribution in [0.4, 0.5) is 0 Å². The molecule has 92 valence electrons. The highest BCUT2D eigenvalue weighted by Gasteiger charge is 2.19. The van der Waals surface area contributed by atoms with Gasteiger partial charge in [0.1, 0.15) is 11.5 Å². The molecule has 1 unspecified atom stereocenters. The molecule has 0 aliphatic rings. The summed E-state index contributed by atoms with van der Waals surface area (Å²) in [6, 6.07) is 6.48. The van der Waals surface area contributed by atoms with Crippen LogP contribution in [-0.4, -0.2) is 16.8 Å². The first-order valence-electron chi connectivity index (χ1n) is 5.52. The van der Waals surface area contributed by atoms with Crippen LogP contribution in [0.3, 0.4) is 0 Å². The fourth-order valence-electron chi connectivity index (χ4n) is 1.45. The van der Waals surface area contributed by atoms with Crippen LogP contribution in [0.1, 0.15) is 32.4 Å². The quantitative estimate of drug-likeness (QED) is 0.699. The van der Waals surface area contributed by atoms with Crippen LogP contribution < -0.4 is 5.32 Å². The molecule has 0 aliphatic heterocycles. The largest absolute Gasteiger partial charge is 0.508 e. The normalized spacial score (nSPS) is 13.1. The first-order valence-corrected chi connectivity index (χ1v) is 5.52. The number of nitrogens with one attached hydrogen (secondary N) is 1. The number of nitrogens with zero attached hydrogens (tertiary/aromatic N) is 1. The molecule has 1 rings (SSSR count). The van der Waals surface area contributed by atoms with Crippen LogP contribution >= 0.6 is 0 Å².